The van der Waals surface area contributed by atoms with Crippen molar-refractivity contribution in [3.05, 3.63) is 12.2 Å². The van der Waals surface area contributed by atoms with Gasteiger partial charge in [-0.15, -0.1) is 0 Å². The Morgan fingerprint density at radius 1 is 0.660 bits per heavy atom. The quantitative estimate of drug-likeness (QED) is 0.0293. The Labute approximate surface area is 306 Å². The molecule has 0 bridgehead atoms. The minimum atomic E-state index is -1.55. The van der Waals surface area contributed by atoms with E-state index in [0.29, 0.717) is 12.8 Å². The first-order valence-corrected chi connectivity index (χ1v) is 20.9. The average Bonchev–Trinajstić information content (AvgIpc) is 3.11. The molecule has 0 spiro atoms. The maximum absolute atomic E-state index is 12.9. The Morgan fingerprint density at radius 3 is 1.70 bits per heavy atom. The number of hydrogen-bond donors (Lipinski definition) is 6. The first-order valence-electron chi connectivity index (χ1n) is 20.9. The number of ether oxygens (including phenoxy) is 2. The van der Waals surface area contributed by atoms with Gasteiger partial charge < -0.3 is 40.3 Å². The lowest BCUT2D eigenvalue weighted by Crippen LogP contribution is -2.60. The van der Waals surface area contributed by atoms with Gasteiger partial charge in [-0.1, -0.05) is 161 Å². The summed E-state index contributed by atoms with van der Waals surface area (Å²) in [6.45, 7) is 3.76. The molecule has 1 aliphatic rings. The molecule has 1 amide bonds. The third-order valence-electron chi connectivity index (χ3n) is 10.1. The van der Waals surface area contributed by atoms with Gasteiger partial charge in [0.1, 0.15) is 24.4 Å². The van der Waals surface area contributed by atoms with Crippen LogP contribution in [-0.2, 0) is 14.3 Å². The van der Waals surface area contributed by atoms with E-state index in [4.69, 9.17) is 9.47 Å². The van der Waals surface area contributed by atoms with Crippen LogP contribution >= 0.6 is 0 Å². The van der Waals surface area contributed by atoms with Crippen LogP contribution in [0.15, 0.2) is 12.2 Å². The zero-order valence-electron chi connectivity index (χ0n) is 32.2. The average molecular weight is 714 g/mol. The zero-order valence-corrected chi connectivity index (χ0v) is 32.2. The van der Waals surface area contributed by atoms with Gasteiger partial charge in [-0.25, -0.2) is 0 Å². The summed E-state index contributed by atoms with van der Waals surface area (Å²) < 4.78 is 11.2. The summed E-state index contributed by atoms with van der Waals surface area (Å²) in [6, 6.07) is -0.717. The van der Waals surface area contributed by atoms with Crippen molar-refractivity contribution in [2.24, 2.45) is 0 Å². The SMILES string of the molecule is CCC/C=C\CCCCCCCC(=O)NC(COC1OC(CO)C(O)C(O)C1O)C(O)CCCCCCCCCCCCCCCCCCC. The van der Waals surface area contributed by atoms with E-state index < -0.39 is 49.5 Å². The normalized spacial score (nSPS) is 22.3. The molecule has 1 heterocycles. The van der Waals surface area contributed by atoms with Crippen LogP contribution in [0.4, 0.5) is 0 Å². The summed E-state index contributed by atoms with van der Waals surface area (Å²) in [7, 11) is 0. The van der Waals surface area contributed by atoms with Gasteiger partial charge in [0.05, 0.1) is 25.4 Å². The van der Waals surface area contributed by atoms with Gasteiger partial charge in [0.25, 0.3) is 0 Å². The number of hydrogen-bond acceptors (Lipinski definition) is 8. The Kier molecular flexibility index (Phi) is 30.6. The van der Waals surface area contributed by atoms with Crippen LogP contribution in [0.3, 0.4) is 0 Å². The topological polar surface area (TPSA) is 149 Å². The van der Waals surface area contributed by atoms with Crippen LogP contribution in [0.1, 0.15) is 187 Å². The highest BCUT2D eigenvalue weighted by molar-refractivity contribution is 5.76. The van der Waals surface area contributed by atoms with Gasteiger partial charge in [0.2, 0.25) is 5.91 Å². The standard InChI is InChI=1S/C41H79NO8/c1-3-5-7-9-11-13-15-16-17-18-19-20-21-22-24-26-28-30-35(44)34(33-49-41-40(48)39(47)38(46)36(32-43)50-41)42-37(45)31-29-27-25-23-14-12-10-8-6-4-2/h8,10,34-36,38-41,43-44,46-48H,3-7,9,11-33H2,1-2H3,(H,42,45)/b10-8-. The monoisotopic (exact) mass is 714 g/mol. The molecule has 6 N–H and O–H groups in total. The molecule has 9 heteroatoms. The van der Waals surface area contributed by atoms with Crippen LogP contribution in [0.5, 0.6) is 0 Å². The molecule has 1 fully saturated rings. The van der Waals surface area contributed by atoms with Crippen LogP contribution in [-0.4, -0.2) is 87.5 Å². The van der Waals surface area contributed by atoms with Gasteiger partial charge in [-0.2, -0.15) is 0 Å². The molecule has 0 aromatic heterocycles. The Bertz CT molecular complexity index is 797. The molecule has 50 heavy (non-hydrogen) atoms. The van der Waals surface area contributed by atoms with E-state index >= 15 is 0 Å². The molecule has 0 aromatic rings. The largest absolute Gasteiger partial charge is 0.394 e. The summed E-state index contributed by atoms with van der Waals surface area (Å²) in [5.41, 5.74) is 0. The van der Waals surface area contributed by atoms with Crippen molar-refractivity contribution in [3.8, 4) is 0 Å². The van der Waals surface area contributed by atoms with Crippen molar-refractivity contribution in [1.29, 1.82) is 0 Å². The second-order valence-electron chi connectivity index (χ2n) is 14.8. The van der Waals surface area contributed by atoms with Crippen molar-refractivity contribution in [1.82, 2.24) is 5.32 Å². The first-order chi connectivity index (χ1) is 24.3. The highest BCUT2D eigenvalue weighted by Crippen LogP contribution is 2.23. The predicted octanol–water partition coefficient (Wildman–Crippen LogP) is 7.78. The van der Waals surface area contributed by atoms with Crippen molar-refractivity contribution >= 4 is 5.91 Å². The maximum Gasteiger partial charge on any atom is 0.220 e. The summed E-state index contributed by atoms with van der Waals surface area (Å²) in [6.07, 6.45) is 27.9. The lowest BCUT2D eigenvalue weighted by molar-refractivity contribution is -0.302. The third kappa shape index (κ3) is 23.5. The van der Waals surface area contributed by atoms with E-state index in [1.165, 1.54) is 96.3 Å². The second-order valence-corrected chi connectivity index (χ2v) is 14.8. The molecule has 1 saturated heterocycles. The van der Waals surface area contributed by atoms with Crippen molar-refractivity contribution in [3.63, 3.8) is 0 Å². The summed E-state index contributed by atoms with van der Waals surface area (Å²) >= 11 is 0. The molecule has 1 aliphatic heterocycles. The predicted molar refractivity (Wildman–Crippen MR) is 203 cm³/mol. The zero-order chi connectivity index (χ0) is 36.7. The number of aliphatic hydroxyl groups excluding tert-OH is 5. The van der Waals surface area contributed by atoms with Crippen LogP contribution < -0.4 is 5.32 Å². The number of rotatable bonds is 34. The van der Waals surface area contributed by atoms with E-state index in [-0.39, 0.29) is 12.5 Å². The van der Waals surface area contributed by atoms with E-state index in [0.717, 1.165) is 64.2 Å². The molecule has 9 nitrogen and oxygen atoms in total. The highest BCUT2D eigenvalue weighted by atomic mass is 16.7. The highest BCUT2D eigenvalue weighted by Gasteiger charge is 2.44. The smallest absolute Gasteiger partial charge is 0.220 e. The van der Waals surface area contributed by atoms with Gasteiger partial charge in [-0.05, 0) is 32.1 Å². The van der Waals surface area contributed by atoms with Gasteiger partial charge in [0.15, 0.2) is 6.29 Å². The molecule has 7 atom stereocenters. The minimum absolute atomic E-state index is 0.139. The van der Waals surface area contributed by atoms with Crippen molar-refractivity contribution < 1.29 is 39.8 Å². The number of unbranched alkanes of at least 4 members (excludes halogenated alkanes) is 22. The van der Waals surface area contributed by atoms with Crippen molar-refractivity contribution in [2.75, 3.05) is 13.2 Å². The maximum atomic E-state index is 12.9. The summed E-state index contributed by atoms with van der Waals surface area (Å²) in [5.74, 6) is -0.156. The molecule has 0 radical (unpaired) electrons. The molecule has 0 aromatic carbocycles. The van der Waals surface area contributed by atoms with Gasteiger partial charge in [-0.3, -0.25) is 4.79 Å². The summed E-state index contributed by atoms with van der Waals surface area (Å²) in [4.78, 5) is 12.9. The number of carbonyl (C=O) groups is 1. The van der Waals surface area contributed by atoms with Crippen molar-refractivity contribution in [2.45, 2.75) is 230 Å². The van der Waals surface area contributed by atoms with Gasteiger partial charge >= 0.3 is 0 Å². The minimum Gasteiger partial charge on any atom is -0.394 e. The fraction of sp³-hybridized carbons (Fsp3) is 0.927. The Morgan fingerprint density at radius 2 is 1.16 bits per heavy atom. The number of amides is 1. The van der Waals surface area contributed by atoms with Crippen LogP contribution in [0.25, 0.3) is 0 Å². The fourth-order valence-electron chi connectivity index (χ4n) is 6.69. The Hall–Kier alpha value is -1.07. The van der Waals surface area contributed by atoms with Crippen LogP contribution in [0.2, 0.25) is 0 Å². The Balaban J connectivity index is 2.35. The second kappa shape index (κ2) is 32.6. The van der Waals surface area contributed by atoms with E-state index in [2.05, 4.69) is 31.3 Å². The number of nitrogens with one attached hydrogen (secondary N) is 1. The fourth-order valence-corrected chi connectivity index (χ4v) is 6.69. The van der Waals surface area contributed by atoms with Gasteiger partial charge in [0, 0.05) is 6.42 Å². The lowest BCUT2D eigenvalue weighted by atomic mass is 9.99. The number of aliphatic hydroxyl groups is 5. The number of carbonyl (C=O) groups excluding carboxylic acids is 1. The van der Waals surface area contributed by atoms with Crippen LogP contribution in [0, 0.1) is 0 Å². The molecule has 1 rings (SSSR count). The molecule has 7 unspecified atom stereocenters. The number of allylic oxidation sites excluding steroid dienone is 2. The molecule has 0 saturated carbocycles. The lowest BCUT2D eigenvalue weighted by Gasteiger charge is -2.40. The van der Waals surface area contributed by atoms with E-state index in [1.807, 2.05) is 0 Å². The molecular formula is C41H79NO8. The molecule has 296 valence electrons. The van der Waals surface area contributed by atoms with E-state index in [9.17, 15) is 30.3 Å². The molecule has 0 aliphatic carbocycles. The first kappa shape index (κ1) is 47.0. The summed E-state index contributed by atoms with van der Waals surface area (Å²) in [5, 5.41) is 54.1. The third-order valence-corrected chi connectivity index (χ3v) is 10.1. The van der Waals surface area contributed by atoms with E-state index in [1.54, 1.807) is 0 Å². The molecular weight excluding hydrogens is 634 g/mol.